The van der Waals surface area contributed by atoms with Gasteiger partial charge in [0.05, 0.1) is 18.4 Å². The zero-order chi connectivity index (χ0) is 12.5. The number of nitrogens with zero attached hydrogens (tertiary/aromatic N) is 1. The van der Waals surface area contributed by atoms with Gasteiger partial charge < -0.3 is 20.0 Å². The van der Waals surface area contributed by atoms with Crippen molar-refractivity contribution in [1.29, 1.82) is 0 Å². The van der Waals surface area contributed by atoms with Crippen LogP contribution in [-0.4, -0.2) is 49.8 Å². The molecule has 6 nitrogen and oxygen atoms in total. The molecule has 0 aromatic rings. The number of nitrogens with one attached hydrogen (secondary N) is 1. The quantitative estimate of drug-likeness (QED) is 0.406. The van der Waals surface area contributed by atoms with Gasteiger partial charge in [0.15, 0.2) is 0 Å². The van der Waals surface area contributed by atoms with Crippen LogP contribution in [0.15, 0.2) is 5.16 Å². The molecule has 1 aliphatic carbocycles. The maximum absolute atomic E-state index is 11.3. The SMILES string of the molecule is COCCNC(=O)COC1CCC(=NO)CC1. The Kier molecular flexibility index (Phi) is 6.57. The Hall–Kier alpha value is -1.14. The van der Waals surface area contributed by atoms with Crippen LogP contribution in [0, 0.1) is 0 Å². The lowest BCUT2D eigenvalue weighted by Gasteiger charge is -2.22. The number of amides is 1. The van der Waals surface area contributed by atoms with E-state index in [2.05, 4.69) is 10.5 Å². The van der Waals surface area contributed by atoms with Gasteiger partial charge in [-0.15, -0.1) is 0 Å². The van der Waals surface area contributed by atoms with E-state index in [-0.39, 0.29) is 18.6 Å². The van der Waals surface area contributed by atoms with Crippen molar-refractivity contribution in [2.75, 3.05) is 26.9 Å². The fraction of sp³-hybridized carbons (Fsp3) is 0.818. The molecule has 0 radical (unpaired) electrons. The van der Waals surface area contributed by atoms with Crippen LogP contribution in [0.3, 0.4) is 0 Å². The molecule has 0 aromatic carbocycles. The fourth-order valence-electron chi connectivity index (χ4n) is 1.73. The molecular weight excluding hydrogens is 224 g/mol. The van der Waals surface area contributed by atoms with Crippen LogP contribution in [0.2, 0.25) is 0 Å². The molecule has 0 atom stereocenters. The third kappa shape index (κ3) is 5.65. The molecule has 0 saturated heterocycles. The summed E-state index contributed by atoms with van der Waals surface area (Å²) in [5.74, 6) is -0.122. The first-order valence-corrected chi connectivity index (χ1v) is 5.83. The van der Waals surface area contributed by atoms with E-state index in [4.69, 9.17) is 14.7 Å². The summed E-state index contributed by atoms with van der Waals surface area (Å²) in [6.07, 6.45) is 3.20. The minimum absolute atomic E-state index is 0.0833. The summed E-state index contributed by atoms with van der Waals surface area (Å²) in [4.78, 5) is 11.3. The molecule has 0 bridgehead atoms. The van der Waals surface area contributed by atoms with Gasteiger partial charge in [-0.25, -0.2) is 0 Å². The number of oxime groups is 1. The van der Waals surface area contributed by atoms with Crippen molar-refractivity contribution in [3.8, 4) is 0 Å². The third-order valence-corrected chi connectivity index (χ3v) is 2.73. The molecule has 98 valence electrons. The summed E-state index contributed by atoms with van der Waals surface area (Å²) in [5, 5.41) is 14.5. The van der Waals surface area contributed by atoms with Gasteiger partial charge in [0.1, 0.15) is 6.61 Å². The highest BCUT2D eigenvalue weighted by molar-refractivity contribution is 5.84. The molecule has 0 aliphatic heterocycles. The predicted octanol–water partition coefficient (Wildman–Crippen LogP) is 0.538. The normalized spacial score (nSPS) is 20.1. The summed E-state index contributed by atoms with van der Waals surface area (Å²) in [6.45, 7) is 1.09. The van der Waals surface area contributed by atoms with Crippen LogP contribution in [-0.2, 0) is 14.3 Å². The number of ether oxygens (including phenoxy) is 2. The second kappa shape index (κ2) is 8.03. The van der Waals surface area contributed by atoms with Gasteiger partial charge in [-0.1, -0.05) is 5.16 Å². The Balaban J connectivity index is 2.08. The first-order chi connectivity index (χ1) is 8.26. The molecule has 17 heavy (non-hydrogen) atoms. The van der Waals surface area contributed by atoms with Crippen LogP contribution in [0.5, 0.6) is 0 Å². The van der Waals surface area contributed by atoms with Gasteiger partial charge in [0.25, 0.3) is 0 Å². The maximum Gasteiger partial charge on any atom is 0.246 e. The first-order valence-electron chi connectivity index (χ1n) is 5.83. The number of carbonyl (C=O) groups excluding carboxylic acids is 1. The molecule has 0 unspecified atom stereocenters. The molecule has 1 saturated carbocycles. The average Bonchev–Trinajstić information content (AvgIpc) is 2.37. The van der Waals surface area contributed by atoms with E-state index in [0.717, 1.165) is 31.4 Å². The van der Waals surface area contributed by atoms with E-state index in [9.17, 15) is 4.79 Å². The molecular formula is C11H20N2O4. The Labute approximate surface area is 101 Å². The van der Waals surface area contributed by atoms with E-state index in [0.29, 0.717) is 13.2 Å². The minimum atomic E-state index is -0.122. The van der Waals surface area contributed by atoms with Gasteiger partial charge >= 0.3 is 0 Å². The Morgan fingerprint density at radius 3 is 2.82 bits per heavy atom. The van der Waals surface area contributed by atoms with Crippen molar-refractivity contribution >= 4 is 11.6 Å². The maximum atomic E-state index is 11.3. The van der Waals surface area contributed by atoms with Crippen LogP contribution < -0.4 is 5.32 Å². The van der Waals surface area contributed by atoms with Gasteiger partial charge in [-0.05, 0) is 25.7 Å². The highest BCUT2D eigenvalue weighted by Gasteiger charge is 2.19. The van der Waals surface area contributed by atoms with Crippen molar-refractivity contribution in [2.45, 2.75) is 31.8 Å². The fourth-order valence-corrected chi connectivity index (χ4v) is 1.73. The van der Waals surface area contributed by atoms with Gasteiger partial charge in [0, 0.05) is 13.7 Å². The summed E-state index contributed by atoms with van der Waals surface area (Å²) in [5.41, 5.74) is 0.814. The number of rotatable bonds is 6. The lowest BCUT2D eigenvalue weighted by Crippen LogP contribution is -2.33. The lowest BCUT2D eigenvalue weighted by atomic mass is 9.96. The molecule has 0 heterocycles. The van der Waals surface area contributed by atoms with E-state index < -0.39 is 0 Å². The van der Waals surface area contributed by atoms with Crippen molar-refractivity contribution in [3.63, 3.8) is 0 Å². The zero-order valence-electron chi connectivity index (χ0n) is 10.1. The third-order valence-electron chi connectivity index (χ3n) is 2.73. The van der Waals surface area contributed by atoms with Crippen LogP contribution >= 0.6 is 0 Å². The van der Waals surface area contributed by atoms with Crippen molar-refractivity contribution < 1.29 is 19.5 Å². The molecule has 1 aliphatic rings. The highest BCUT2D eigenvalue weighted by atomic mass is 16.5. The van der Waals surface area contributed by atoms with Crippen molar-refractivity contribution in [1.82, 2.24) is 5.32 Å². The smallest absolute Gasteiger partial charge is 0.246 e. The van der Waals surface area contributed by atoms with Crippen molar-refractivity contribution in [2.24, 2.45) is 5.16 Å². The Bertz CT molecular complexity index is 258. The average molecular weight is 244 g/mol. The topological polar surface area (TPSA) is 80.2 Å². The molecule has 1 rings (SSSR count). The molecule has 6 heteroatoms. The van der Waals surface area contributed by atoms with Crippen LogP contribution in [0.4, 0.5) is 0 Å². The van der Waals surface area contributed by atoms with Crippen LogP contribution in [0.1, 0.15) is 25.7 Å². The molecule has 2 N–H and O–H groups in total. The molecule has 0 aromatic heterocycles. The van der Waals surface area contributed by atoms with E-state index in [1.807, 2.05) is 0 Å². The minimum Gasteiger partial charge on any atom is -0.411 e. The summed E-state index contributed by atoms with van der Waals surface area (Å²) < 4.78 is 10.3. The highest BCUT2D eigenvalue weighted by Crippen LogP contribution is 2.18. The van der Waals surface area contributed by atoms with Gasteiger partial charge in [-0.2, -0.15) is 0 Å². The second-order valence-electron chi connectivity index (χ2n) is 4.02. The molecule has 0 spiro atoms. The summed E-state index contributed by atoms with van der Waals surface area (Å²) in [7, 11) is 1.59. The summed E-state index contributed by atoms with van der Waals surface area (Å²) in [6, 6.07) is 0. The second-order valence-corrected chi connectivity index (χ2v) is 4.02. The first kappa shape index (κ1) is 13.9. The summed E-state index contributed by atoms with van der Waals surface area (Å²) >= 11 is 0. The molecule has 1 amide bonds. The monoisotopic (exact) mass is 244 g/mol. The van der Waals surface area contributed by atoms with Crippen LogP contribution in [0.25, 0.3) is 0 Å². The zero-order valence-corrected chi connectivity index (χ0v) is 10.1. The lowest BCUT2D eigenvalue weighted by molar-refractivity contribution is -0.128. The number of carbonyl (C=O) groups is 1. The molecule has 1 fully saturated rings. The number of methoxy groups -OCH3 is 1. The van der Waals surface area contributed by atoms with Crippen molar-refractivity contribution in [3.05, 3.63) is 0 Å². The Morgan fingerprint density at radius 2 is 2.24 bits per heavy atom. The standard InChI is InChI=1S/C11H20N2O4/c1-16-7-6-12-11(14)8-17-10-4-2-9(13-15)3-5-10/h10,15H,2-8H2,1H3,(H,12,14). The van der Waals surface area contributed by atoms with Gasteiger partial charge in [-0.3, -0.25) is 4.79 Å². The number of hydrogen-bond acceptors (Lipinski definition) is 5. The predicted molar refractivity (Wildman–Crippen MR) is 62.3 cm³/mol. The van der Waals surface area contributed by atoms with Gasteiger partial charge in [0.2, 0.25) is 5.91 Å². The van der Waals surface area contributed by atoms with E-state index >= 15 is 0 Å². The Morgan fingerprint density at radius 1 is 1.53 bits per heavy atom. The number of hydrogen-bond donors (Lipinski definition) is 2. The largest absolute Gasteiger partial charge is 0.411 e. The van der Waals surface area contributed by atoms with E-state index in [1.54, 1.807) is 7.11 Å². The van der Waals surface area contributed by atoms with E-state index in [1.165, 1.54) is 0 Å².